The molecule has 21 heavy (non-hydrogen) atoms. The summed E-state index contributed by atoms with van der Waals surface area (Å²) in [6.07, 6.45) is 0.820. The van der Waals surface area contributed by atoms with E-state index in [1.165, 1.54) is 12.1 Å². The van der Waals surface area contributed by atoms with Gasteiger partial charge in [0.1, 0.15) is 10.7 Å². The minimum atomic E-state index is -0.601. The Kier molecular flexibility index (Phi) is 3.49. The van der Waals surface area contributed by atoms with Crippen molar-refractivity contribution in [2.24, 2.45) is 5.73 Å². The van der Waals surface area contributed by atoms with Gasteiger partial charge in [-0.1, -0.05) is 6.07 Å². The van der Waals surface area contributed by atoms with Crippen LogP contribution in [0.5, 0.6) is 11.5 Å². The molecule has 7 heteroatoms. The normalized spacial score (nSPS) is 15.3. The van der Waals surface area contributed by atoms with E-state index in [0.717, 1.165) is 12.0 Å². The molecule has 0 saturated carbocycles. The van der Waals surface area contributed by atoms with Gasteiger partial charge in [0.15, 0.2) is 11.5 Å². The van der Waals surface area contributed by atoms with Crippen LogP contribution in [0.2, 0.25) is 0 Å². The molecule has 2 heterocycles. The maximum absolute atomic E-state index is 10.6. The first-order valence-corrected chi connectivity index (χ1v) is 6.54. The number of nitrogens with two attached hydrogens (primary N) is 1. The van der Waals surface area contributed by atoms with Crippen molar-refractivity contribution in [1.29, 1.82) is 0 Å². The standard InChI is InChI=1S/C14H14N2O5/c15-14(11-4-5-13(21-11)16(17)18)9-2-3-10-12(8-9)20-7-1-6-19-10/h2-5,8,14H,1,6-7,15H2. The van der Waals surface area contributed by atoms with E-state index in [2.05, 4.69) is 0 Å². The van der Waals surface area contributed by atoms with E-state index in [4.69, 9.17) is 19.6 Å². The van der Waals surface area contributed by atoms with Crippen LogP contribution in [0.4, 0.5) is 5.88 Å². The van der Waals surface area contributed by atoms with Gasteiger partial charge in [-0.25, -0.2) is 0 Å². The molecule has 0 fully saturated rings. The number of furan rings is 1. The van der Waals surface area contributed by atoms with Crippen LogP contribution in [-0.2, 0) is 0 Å². The fourth-order valence-corrected chi connectivity index (χ4v) is 2.15. The summed E-state index contributed by atoms with van der Waals surface area (Å²) in [6.45, 7) is 1.20. The minimum absolute atomic E-state index is 0.324. The van der Waals surface area contributed by atoms with E-state index >= 15 is 0 Å². The first-order valence-electron chi connectivity index (χ1n) is 6.54. The number of rotatable bonds is 3. The Bertz CT molecular complexity index is 667. The number of ether oxygens (including phenoxy) is 2. The van der Waals surface area contributed by atoms with Gasteiger partial charge in [0.2, 0.25) is 0 Å². The van der Waals surface area contributed by atoms with Crippen molar-refractivity contribution in [3.05, 3.63) is 51.8 Å². The number of fused-ring (bicyclic) bond motifs is 1. The zero-order valence-corrected chi connectivity index (χ0v) is 11.2. The van der Waals surface area contributed by atoms with Gasteiger partial charge >= 0.3 is 5.88 Å². The molecule has 1 aromatic carbocycles. The predicted octanol–water partition coefficient (Wildman–Crippen LogP) is 2.40. The highest BCUT2D eigenvalue weighted by Gasteiger charge is 2.20. The average molecular weight is 290 g/mol. The molecule has 110 valence electrons. The third-order valence-corrected chi connectivity index (χ3v) is 3.23. The number of benzene rings is 1. The summed E-state index contributed by atoms with van der Waals surface area (Å²) >= 11 is 0. The van der Waals surface area contributed by atoms with Crippen molar-refractivity contribution < 1.29 is 18.8 Å². The highest BCUT2D eigenvalue weighted by molar-refractivity contribution is 5.45. The van der Waals surface area contributed by atoms with Gasteiger partial charge in [0.05, 0.1) is 25.3 Å². The first-order chi connectivity index (χ1) is 10.1. The van der Waals surface area contributed by atoms with Gasteiger partial charge < -0.3 is 19.6 Å². The van der Waals surface area contributed by atoms with Crippen LogP contribution in [0.15, 0.2) is 34.7 Å². The molecular formula is C14H14N2O5. The van der Waals surface area contributed by atoms with Crippen LogP contribution in [0.25, 0.3) is 0 Å². The molecule has 0 spiro atoms. The molecule has 1 aliphatic heterocycles. The van der Waals surface area contributed by atoms with E-state index in [9.17, 15) is 10.1 Å². The zero-order chi connectivity index (χ0) is 14.8. The van der Waals surface area contributed by atoms with Crippen molar-refractivity contribution in [2.45, 2.75) is 12.5 Å². The summed E-state index contributed by atoms with van der Waals surface area (Å²) in [7, 11) is 0. The summed E-state index contributed by atoms with van der Waals surface area (Å²) in [4.78, 5) is 10.0. The molecule has 3 rings (SSSR count). The van der Waals surface area contributed by atoms with E-state index in [0.29, 0.717) is 30.5 Å². The van der Waals surface area contributed by atoms with Gasteiger partial charge in [0, 0.05) is 6.42 Å². The monoisotopic (exact) mass is 290 g/mol. The fourth-order valence-electron chi connectivity index (χ4n) is 2.15. The lowest BCUT2D eigenvalue weighted by atomic mass is 10.0. The zero-order valence-electron chi connectivity index (χ0n) is 11.2. The molecule has 0 saturated heterocycles. The molecule has 1 atom stereocenters. The quantitative estimate of drug-likeness (QED) is 0.688. The number of nitrogens with zero attached hydrogens (tertiary/aromatic N) is 1. The fraction of sp³-hybridized carbons (Fsp3) is 0.286. The van der Waals surface area contributed by atoms with E-state index in [1.54, 1.807) is 18.2 Å². The number of hydrogen-bond acceptors (Lipinski definition) is 6. The minimum Gasteiger partial charge on any atom is -0.490 e. The highest BCUT2D eigenvalue weighted by atomic mass is 16.6. The van der Waals surface area contributed by atoms with E-state index < -0.39 is 11.0 Å². The van der Waals surface area contributed by atoms with E-state index in [1.807, 2.05) is 0 Å². The van der Waals surface area contributed by atoms with Crippen LogP contribution in [0.1, 0.15) is 23.8 Å². The molecule has 2 N–H and O–H groups in total. The Labute approximate surface area is 120 Å². The number of nitro groups is 1. The van der Waals surface area contributed by atoms with Gasteiger partial charge in [-0.05, 0) is 23.8 Å². The topological polar surface area (TPSA) is 101 Å². The van der Waals surface area contributed by atoms with Crippen molar-refractivity contribution in [3.63, 3.8) is 0 Å². The molecule has 2 aromatic rings. The molecule has 0 radical (unpaired) electrons. The van der Waals surface area contributed by atoms with Crippen LogP contribution in [-0.4, -0.2) is 18.1 Å². The molecule has 1 aromatic heterocycles. The van der Waals surface area contributed by atoms with Crippen LogP contribution in [0.3, 0.4) is 0 Å². The molecule has 1 unspecified atom stereocenters. The van der Waals surface area contributed by atoms with Gasteiger partial charge in [-0.2, -0.15) is 0 Å². The molecule has 0 aliphatic carbocycles. The predicted molar refractivity (Wildman–Crippen MR) is 73.4 cm³/mol. The Morgan fingerprint density at radius 3 is 2.62 bits per heavy atom. The third kappa shape index (κ3) is 2.68. The lowest BCUT2D eigenvalue weighted by molar-refractivity contribution is -0.402. The first kappa shape index (κ1) is 13.4. The molecule has 1 aliphatic rings. The lowest BCUT2D eigenvalue weighted by Crippen LogP contribution is -2.11. The summed E-state index contributed by atoms with van der Waals surface area (Å²) in [5, 5.41) is 10.6. The molecule has 7 nitrogen and oxygen atoms in total. The Morgan fingerprint density at radius 2 is 1.90 bits per heavy atom. The summed E-state index contributed by atoms with van der Waals surface area (Å²) < 4.78 is 16.3. The lowest BCUT2D eigenvalue weighted by Gasteiger charge is -2.12. The second-order valence-electron chi connectivity index (χ2n) is 4.67. The van der Waals surface area contributed by atoms with Gasteiger partial charge in [-0.3, -0.25) is 10.1 Å². The van der Waals surface area contributed by atoms with Crippen molar-refractivity contribution in [2.75, 3.05) is 13.2 Å². The van der Waals surface area contributed by atoms with Crippen LogP contribution >= 0.6 is 0 Å². The van der Waals surface area contributed by atoms with Crippen molar-refractivity contribution >= 4 is 5.88 Å². The largest absolute Gasteiger partial charge is 0.490 e. The third-order valence-electron chi connectivity index (χ3n) is 3.23. The second-order valence-corrected chi connectivity index (χ2v) is 4.67. The second kappa shape index (κ2) is 5.45. The van der Waals surface area contributed by atoms with Gasteiger partial charge in [-0.15, -0.1) is 0 Å². The van der Waals surface area contributed by atoms with E-state index in [-0.39, 0.29) is 5.88 Å². The molecule has 0 amide bonds. The maximum Gasteiger partial charge on any atom is 0.433 e. The Hall–Kier alpha value is -2.54. The summed E-state index contributed by atoms with van der Waals surface area (Å²) in [5.74, 6) is 1.31. The number of hydrogen-bond donors (Lipinski definition) is 1. The van der Waals surface area contributed by atoms with Crippen LogP contribution < -0.4 is 15.2 Å². The van der Waals surface area contributed by atoms with Gasteiger partial charge in [0.25, 0.3) is 0 Å². The Balaban J connectivity index is 1.88. The maximum atomic E-state index is 10.6. The van der Waals surface area contributed by atoms with Crippen LogP contribution in [0, 0.1) is 10.1 Å². The molecule has 0 bridgehead atoms. The summed E-state index contributed by atoms with van der Waals surface area (Å²) in [5.41, 5.74) is 6.83. The Morgan fingerprint density at radius 1 is 1.14 bits per heavy atom. The molecular weight excluding hydrogens is 276 g/mol. The van der Waals surface area contributed by atoms with Crippen molar-refractivity contribution in [3.8, 4) is 11.5 Å². The average Bonchev–Trinajstić information content (AvgIpc) is 2.86. The summed E-state index contributed by atoms with van der Waals surface area (Å²) in [6, 6.07) is 7.56. The SMILES string of the molecule is NC(c1ccc2c(c1)OCCCO2)c1ccc([N+](=O)[O-])o1. The highest BCUT2D eigenvalue weighted by Crippen LogP contribution is 2.34. The van der Waals surface area contributed by atoms with Crippen molar-refractivity contribution in [1.82, 2.24) is 0 Å². The smallest absolute Gasteiger partial charge is 0.433 e.